The van der Waals surface area contributed by atoms with Gasteiger partial charge in [-0.25, -0.2) is 0 Å². The number of rotatable bonds is 5. The van der Waals surface area contributed by atoms with Gasteiger partial charge >= 0.3 is 0 Å². The summed E-state index contributed by atoms with van der Waals surface area (Å²) in [6.45, 7) is 2.80. The Bertz CT molecular complexity index is 761. The predicted octanol–water partition coefficient (Wildman–Crippen LogP) is 2.20. The zero-order chi connectivity index (χ0) is 17.1. The first kappa shape index (κ1) is 16.4. The third-order valence-electron chi connectivity index (χ3n) is 4.22. The van der Waals surface area contributed by atoms with Gasteiger partial charge in [0.25, 0.3) is 5.91 Å². The van der Waals surface area contributed by atoms with Crippen molar-refractivity contribution in [3.63, 3.8) is 0 Å². The summed E-state index contributed by atoms with van der Waals surface area (Å²) in [6.07, 6.45) is 3.79. The number of aromatic nitrogens is 2. The van der Waals surface area contributed by atoms with E-state index < -0.39 is 0 Å². The van der Waals surface area contributed by atoms with Gasteiger partial charge in [-0.15, -0.1) is 0 Å². The highest BCUT2D eigenvalue weighted by Gasteiger charge is 2.18. The molecule has 1 aromatic heterocycles. The Morgan fingerprint density at radius 1 is 1.42 bits per heavy atom. The number of benzene rings is 1. The molecule has 2 aromatic rings. The van der Waals surface area contributed by atoms with Crippen molar-refractivity contribution in [1.29, 1.82) is 0 Å². The predicted molar refractivity (Wildman–Crippen MR) is 90.0 cm³/mol. The second-order valence-electron chi connectivity index (χ2n) is 6.01. The Kier molecular flexibility index (Phi) is 4.76. The Hall–Kier alpha value is -2.47. The number of nitrogens with one attached hydrogen (secondary N) is 1. The van der Waals surface area contributed by atoms with Crippen LogP contribution in [-0.4, -0.2) is 40.7 Å². The van der Waals surface area contributed by atoms with Crippen LogP contribution in [0, 0.1) is 0 Å². The van der Waals surface area contributed by atoms with E-state index in [9.17, 15) is 9.59 Å². The lowest BCUT2D eigenvalue weighted by Crippen LogP contribution is -2.31. The minimum absolute atomic E-state index is 0.0572. The monoisotopic (exact) mass is 327 g/mol. The SMILES string of the molecule is CC(=O)c1c(-c2cccc(C(=O)NC[C@@H]3CCCO3)c2)cnn1C. The van der Waals surface area contributed by atoms with Gasteiger partial charge in [0.2, 0.25) is 0 Å². The van der Waals surface area contributed by atoms with Gasteiger partial charge in [0.05, 0.1) is 12.3 Å². The van der Waals surface area contributed by atoms with E-state index in [1.807, 2.05) is 12.1 Å². The fourth-order valence-electron chi connectivity index (χ4n) is 3.01. The molecule has 1 aromatic carbocycles. The van der Waals surface area contributed by atoms with Crippen LogP contribution in [0.2, 0.25) is 0 Å². The Morgan fingerprint density at radius 2 is 2.25 bits per heavy atom. The van der Waals surface area contributed by atoms with Crippen molar-refractivity contribution in [3.05, 3.63) is 41.7 Å². The van der Waals surface area contributed by atoms with E-state index in [0.717, 1.165) is 30.6 Å². The molecule has 0 unspecified atom stereocenters. The van der Waals surface area contributed by atoms with Crippen molar-refractivity contribution in [2.24, 2.45) is 7.05 Å². The maximum absolute atomic E-state index is 12.4. The average molecular weight is 327 g/mol. The van der Waals surface area contributed by atoms with Crippen molar-refractivity contribution >= 4 is 11.7 Å². The molecule has 0 spiro atoms. The van der Waals surface area contributed by atoms with Gasteiger partial charge < -0.3 is 10.1 Å². The van der Waals surface area contributed by atoms with Crippen LogP contribution < -0.4 is 5.32 Å². The lowest BCUT2D eigenvalue weighted by molar-refractivity contribution is 0.0857. The first-order valence-corrected chi connectivity index (χ1v) is 8.09. The summed E-state index contributed by atoms with van der Waals surface area (Å²) < 4.78 is 7.07. The number of carbonyl (C=O) groups excluding carboxylic acids is 2. The molecule has 6 nitrogen and oxygen atoms in total. The number of ether oxygens (including phenoxy) is 1. The standard InChI is InChI=1S/C18H21N3O3/c1-12(22)17-16(11-20-21(17)2)13-5-3-6-14(9-13)18(23)19-10-15-7-4-8-24-15/h3,5-6,9,11,15H,4,7-8,10H2,1-2H3,(H,19,23)/t15-/m0/s1. The van der Waals surface area contributed by atoms with E-state index >= 15 is 0 Å². The molecule has 3 rings (SSSR count). The molecule has 1 atom stereocenters. The van der Waals surface area contributed by atoms with Crippen molar-refractivity contribution in [3.8, 4) is 11.1 Å². The number of Topliss-reactive ketones (excluding diaryl/α,β-unsaturated/α-hetero) is 1. The zero-order valence-electron chi connectivity index (χ0n) is 13.9. The van der Waals surface area contributed by atoms with E-state index in [1.54, 1.807) is 30.1 Å². The van der Waals surface area contributed by atoms with Crippen LogP contribution in [0.25, 0.3) is 11.1 Å². The van der Waals surface area contributed by atoms with Crippen LogP contribution in [0.3, 0.4) is 0 Å². The summed E-state index contributed by atoms with van der Waals surface area (Å²) >= 11 is 0. The Balaban J connectivity index is 1.79. The van der Waals surface area contributed by atoms with Gasteiger partial charge in [-0.1, -0.05) is 12.1 Å². The van der Waals surface area contributed by atoms with E-state index in [-0.39, 0.29) is 17.8 Å². The number of aryl methyl sites for hydroxylation is 1. The molecule has 1 aliphatic rings. The molecule has 6 heteroatoms. The maximum atomic E-state index is 12.4. The smallest absolute Gasteiger partial charge is 0.251 e. The van der Waals surface area contributed by atoms with E-state index in [2.05, 4.69) is 10.4 Å². The van der Waals surface area contributed by atoms with Crippen LogP contribution in [0.15, 0.2) is 30.5 Å². The minimum Gasteiger partial charge on any atom is -0.376 e. The highest BCUT2D eigenvalue weighted by Crippen LogP contribution is 2.24. The van der Waals surface area contributed by atoms with Crippen LogP contribution >= 0.6 is 0 Å². The average Bonchev–Trinajstić information content (AvgIpc) is 3.22. The van der Waals surface area contributed by atoms with Gasteiger partial charge in [0, 0.05) is 38.2 Å². The zero-order valence-corrected chi connectivity index (χ0v) is 13.9. The Morgan fingerprint density at radius 3 is 2.96 bits per heavy atom. The number of ketones is 1. The summed E-state index contributed by atoms with van der Waals surface area (Å²) in [5, 5.41) is 7.07. The van der Waals surface area contributed by atoms with Gasteiger partial charge in [0.1, 0.15) is 5.69 Å². The highest BCUT2D eigenvalue weighted by molar-refractivity contribution is 6.00. The van der Waals surface area contributed by atoms with Crippen LogP contribution in [-0.2, 0) is 11.8 Å². The molecule has 24 heavy (non-hydrogen) atoms. The van der Waals surface area contributed by atoms with E-state index in [0.29, 0.717) is 17.8 Å². The lowest BCUT2D eigenvalue weighted by atomic mass is 10.0. The first-order chi connectivity index (χ1) is 11.6. The second-order valence-corrected chi connectivity index (χ2v) is 6.01. The molecular weight excluding hydrogens is 306 g/mol. The molecule has 1 saturated heterocycles. The molecule has 0 bridgehead atoms. The van der Waals surface area contributed by atoms with Crippen molar-refractivity contribution < 1.29 is 14.3 Å². The lowest BCUT2D eigenvalue weighted by Gasteiger charge is -2.11. The van der Waals surface area contributed by atoms with Gasteiger partial charge in [-0.3, -0.25) is 14.3 Å². The topological polar surface area (TPSA) is 73.2 Å². The molecule has 1 amide bonds. The fraction of sp³-hybridized carbons (Fsp3) is 0.389. The normalized spacial score (nSPS) is 17.0. The number of hydrogen-bond donors (Lipinski definition) is 1. The Labute approximate surface area is 140 Å². The van der Waals surface area contributed by atoms with E-state index in [4.69, 9.17) is 4.74 Å². The van der Waals surface area contributed by atoms with E-state index in [1.165, 1.54) is 6.92 Å². The third kappa shape index (κ3) is 3.38. The van der Waals surface area contributed by atoms with Crippen LogP contribution in [0.1, 0.15) is 40.6 Å². The molecule has 1 aliphatic heterocycles. The van der Waals surface area contributed by atoms with Crippen LogP contribution in [0.4, 0.5) is 0 Å². The quantitative estimate of drug-likeness (QED) is 0.855. The van der Waals surface area contributed by atoms with Gasteiger partial charge in [-0.2, -0.15) is 5.10 Å². The number of carbonyl (C=O) groups is 2. The first-order valence-electron chi connectivity index (χ1n) is 8.09. The molecule has 0 aliphatic carbocycles. The highest BCUT2D eigenvalue weighted by atomic mass is 16.5. The van der Waals surface area contributed by atoms with Crippen molar-refractivity contribution in [1.82, 2.24) is 15.1 Å². The molecule has 2 heterocycles. The number of amides is 1. The summed E-state index contributed by atoms with van der Waals surface area (Å²) in [7, 11) is 1.73. The molecule has 0 radical (unpaired) electrons. The van der Waals surface area contributed by atoms with Gasteiger partial charge in [0.15, 0.2) is 5.78 Å². The third-order valence-corrected chi connectivity index (χ3v) is 4.22. The molecule has 0 saturated carbocycles. The molecule has 126 valence electrons. The summed E-state index contributed by atoms with van der Waals surface area (Å²) in [5.74, 6) is -0.196. The van der Waals surface area contributed by atoms with Crippen molar-refractivity contribution in [2.45, 2.75) is 25.9 Å². The summed E-state index contributed by atoms with van der Waals surface area (Å²) in [4.78, 5) is 24.2. The fourth-order valence-corrected chi connectivity index (χ4v) is 3.01. The molecular formula is C18H21N3O3. The maximum Gasteiger partial charge on any atom is 0.251 e. The van der Waals surface area contributed by atoms with Crippen LogP contribution in [0.5, 0.6) is 0 Å². The van der Waals surface area contributed by atoms with Gasteiger partial charge in [-0.05, 0) is 30.5 Å². The van der Waals surface area contributed by atoms with Crippen molar-refractivity contribution in [2.75, 3.05) is 13.2 Å². The minimum atomic E-state index is -0.138. The summed E-state index contributed by atoms with van der Waals surface area (Å²) in [5.41, 5.74) is 2.63. The molecule has 1 N–H and O–H groups in total. The summed E-state index contributed by atoms with van der Waals surface area (Å²) in [6, 6.07) is 7.24. The largest absolute Gasteiger partial charge is 0.376 e. The second kappa shape index (κ2) is 6.97. The molecule has 1 fully saturated rings. The number of hydrogen-bond acceptors (Lipinski definition) is 4. The number of nitrogens with zero attached hydrogens (tertiary/aromatic N) is 2.